The smallest absolute Gasteiger partial charge is 0.339 e. The van der Waals surface area contributed by atoms with Crippen molar-refractivity contribution in [3.8, 4) is 34.4 Å². The van der Waals surface area contributed by atoms with Crippen LogP contribution < -0.4 is 31.2 Å². The molecule has 12 heteroatoms. The fourth-order valence-corrected chi connectivity index (χ4v) is 4.33. The molecule has 0 radical (unpaired) electrons. The summed E-state index contributed by atoms with van der Waals surface area (Å²) in [5.41, 5.74) is 13.7. The summed E-state index contributed by atoms with van der Waals surface area (Å²) < 4.78 is 43.3. The molecule has 0 aliphatic rings. The maximum atomic E-state index is 16.0. The normalized spacial score (nSPS) is 11.5. The second kappa shape index (κ2) is 13.9. The molecule has 0 aliphatic heterocycles. The Kier molecular flexibility index (Phi) is 10.1. The predicted octanol–water partition coefficient (Wildman–Crippen LogP) is 5.32. The summed E-state index contributed by atoms with van der Waals surface area (Å²) in [6.45, 7) is 3.34. The number of anilines is 1. The van der Waals surface area contributed by atoms with Crippen molar-refractivity contribution in [2.75, 3.05) is 18.5 Å². The number of rotatable bonds is 12. The number of hydrogen-bond acceptors (Lipinski definition) is 8. The molecule has 0 fully saturated rings. The molecule has 0 aliphatic carbocycles. The third-order valence-corrected chi connectivity index (χ3v) is 6.66. The minimum absolute atomic E-state index is 0.173. The first-order valence-corrected chi connectivity index (χ1v) is 13.7. The van der Waals surface area contributed by atoms with Crippen LogP contribution in [0.15, 0.2) is 66.7 Å². The monoisotopic (exact) mass is 605 g/mol. The van der Waals surface area contributed by atoms with E-state index in [0.29, 0.717) is 18.5 Å². The first-order chi connectivity index (χ1) is 21.0. The van der Waals surface area contributed by atoms with Gasteiger partial charge in [-0.25, -0.2) is 4.79 Å². The van der Waals surface area contributed by atoms with Gasteiger partial charge < -0.3 is 36.3 Å². The molecule has 1 amide bonds. The van der Waals surface area contributed by atoms with Crippen molar-refractivity contribution in [2.24, 2.45) is 11.5 Å². The number of halogens is 2. The molecule has 230 valence electrons. The number of aromatic carboxylic acids is 1. The second-order valence-corrected chi connectivity index (χ2v) is 10.1. The number of aromatic nitrogens is 1. The van der Waals surface area contributed by atoms with Gasteiger partial charge in [0.15, 0.2) is 0 Å². The van der Waals surface area contributed by atoms with Crippen LogP contribution in [0.3, 0.4) is 0 Å². The first-order valence-electron chi connectivity index (χ1n) is 13.7. The van der Waals surface area contributed by atoms with Crippen molar-refractivity contribution in [1.82, 2.24) is 10.3 Å². The van der Waals surface area contributed by atoms with Crippen molar-refractivity contribution >= 4 is 17.6 Å². The maximum absolute atomic E-state index is 16.0. The minimum Gasteiger partial charge on any atom is -0.478 e. The molecular weight excluding hydrogens is 572 g/mol. The molecular formula is C32H33F2N5O5. The van der Waals surface area contributed by atoms with Gasteiger partial charge in [-0.1, -0.05) is 43.3 Å². The number of amides is 1. The topological polar surface area (TPSA) is 153 Å². The summed E-state index contributed by atoms with van der Waals surface area (Å²) in [6, 6.07) is 18.5. The average Bonchev–Trinajstić information content (AvgIpc) is 2.99. The fraction of sp³-hybridized carbons (Fsp3) is 0.219. The van der Waals surface area contributed by atoms with E-state index < -0.39 is 53.7 Å². The quantitative estimate of drug-likeness (QED) is 0.157. The van der Waals surface area contributed by atoms with Gasteiger partial charge in [0.25, 0.3) is 11.8 Å². The molecule has 44 heavy (non-hydrogen) atoms. The van der Waals surface area contributed by atoms with Crippen LogP contribution in [-0.2, 0) is 11.3 Å². The number of carbonyl (C=O) groups excluding carboxylic acids is 1. The van der Waals surface area contributed by atoms with Crippen molar-refractivity contribution in [3.63, 3.8) is 0 Å². The molecule has 4 rings (SSSR count). The molecule has 4 aromatic rings. The van der Waals surface area contributed by atoms with Crippen LogP contribution in [0.2, 0.25) is 0 Å². The number of nitrogens with zero attached hydrogens (tertiary/aromatic N) is 2. The van der Waals surface area contributed by atoms with Gasteiger partial charge in [0.05, 0.1) is 12.7 Å². The van der Waals surface area contributed by atoms with E-state index in [1.54, 1.807) is 38.1 Å². The lowest BCUT2D eigenvalue weighted by Crippen LogP contribution is -2.45. The standard InChI is InChI=1S/C32H33F2N5O5/c1-4-25(36)37-26(40)17-39(3)29-27(33)30(38-31(28(29)34)44-24-13-18(2)11-12-23(24)32(41)42)43-22-10-6-9-21(15-22)20-8-5-7-19(14-20)16-35/h5-15,25H,4,16-17,35-36H2,1-3H3,(H,37,40)(H,41,42). The van der Waals surface area contributed by atoms with E-state index in [9.17, 15) is 14.7 Å². The van der Waals surface area contributed by atoms with Gasteiger partial charge in [0.1, 0.15) is 22.7 Å². The summed E-state index contributed by atoms with van der Waals surface area (Å²) in [4.78, 5) is 29.3. The zero-order chi connectivity index (χ0) is 32.0. The van der Waals surface area contributed by atoms with Gasteiger partial charge in [-0.3, -0.25) is 4.79 Å². The summed E-state index contributed by atoms with van der Waals surface area (Å²) >= 11 is 0. The molecule has 0 saturated carbocycles. The number of nitrogens with two attached hydrogens (primary N) is 2. The van der Waals surface area contributed by atoms with E-state index in [2.05, 4.69) is 10.3 Å². The zero-order valence-electron chi connectivity index (χ0n) is 24.4. The Hall–Kier alpha value is -5.07. The molecule has 3 aromatic carbocycles. The lowest BCUT2D eigenvalue weighted by molar-refractivity contribution is -0.120. The molecule has 1 unspecified atom stereocenters. The Labute approximate surface area is 253 Å². The number of hydrogen-bond donors (Lipinski definition) is 4. The minimum atomic E-state index is -1.32. The fourth-order valence-electron chi connectivity index (χ4n) is 4.33. The number of likely N-dealkylation sites (N-methyl/N-ethyl adjacent to an activating group) is 1. The summed E-state index contributed by atoms with van der Waals surface area (Å²) in [7, 11) is 1.30. The lowest BCUT2D eigenvalue weighted by atomic mass is 10.0. The molecule has 10 nitrogen and oxygen atoms in total. The third kappa shape index (κ3) is 7.46. The lowest BCUT2D eigenvalue weighted by Gasteiger charge is -2.23. The van der Waals surface area contributed by atoms with Crippen LogP contribution in [0.4, 0.5) is 14.5 Å². The highest BCUT2D eigenvalue weighted by atomic mass is 19.1. The molecule has 0 bridgehead atoms. The first kappa shape index (κ1) is 31.9. The Balaban J connectivity index is 1.78. The van der Waals surface area contributed by atoms with Crippen molar-refractivity contribution in [1.29, 1.82) is 0 Å². The maximum Gasteiger partial charge on any atom is 0.339 e. The van der Waals surface area contributed by atoms with Crippen LogP contribution in [0.5, 0.6) is 23.3 Å². The highest BCUT2D eigenvalue weighted by Crippen LogP contribution is 2.39. The van der Waals surface area contributed by atoms with Crippen LogP contribution in [0.1, 0.15) is 34.8 Å². The molecule has 1 atom stereocenters. The number of aryl methyl sites for hydroxylation is 1. The number of benzene rings is 3. The highest BCUT2D eigenvalue weighted by Gasteiger charge is 2.28. The van der Waals surface area contributed by atoms with Gasteiger partial charge in [0, 0.05) is 13.6 Å². The SMILES string of the molecule is CCC(N)NC(=O)CN(C)c1c(F)c(Oc2cccc(-c3cccc(CN)c3)c2)nc(Oc2cc(C)ccc2C(=O)O)c1F. The van der Waals surface area contributed by atoms with Gasteiger partial charge in [0.2, 0.25) is 17.5 Å². The Morgan fingerprint density at radius 2 is 1.66 bits per heavy atom. The Morgan fingerprint density at radius 3 is 2.32 bits per heavy atom. The van der Waals surface area contributed by atoms with E-state index in [1.165, 1.54) is 19.2 Å². The predicted molar refractivity (Wildman–Crippen MR) is 162 cm³/mol. The number of ether oxygens (including phenoxy) is 2. The largest absolute Gasteiger partial charge is 0.478 e. The van der Waals surface area contributed by atoms with Crippen molar-refractivity contribution in [2.45, 2.75) is 33.0 Å². The zero-order valence-corrected chi connectivity index (χ0v) is 24.4. The highest BCUT2D eigenvalue weighted by molar-refractivity contribution is 5.91. The molecule has 6 N–H and O–H groups in total. The van der Waals surface area contributed by atoms with Gasteiger partial charge in [-0.05, 0) is 65.9 Å². The van der Waals surface area contributed by atoms with E-state index in [4.69, 9.17) is 20.9 Å². The Bertz CT molecular complexity index is 1680. The summed E-state index contributed by atoms with van der Waals surface area (Å²) in [5.74, 6) is -5.84. The van der Waals surface area contributed by atoms with Crippen LogP contribution in [-0.4, -0.2) is 41.7 Å². The average molecular weight is 606 g/mol. The molecule has 1 aromatic heterocycles. The van der Waals surface area contributed by atoms with Gasteiger partial charge in [-0.2, -0.15) is 13.8 Å². The summed E-state index contributed by atoms with van der Waals surface area (Å²) in [5, 5.41) is 12.2. The van der Waals surface area contributed by atoms with E-state index in [-0.39, 0.29) is 17.1 Å². The molecule has 0 spiro atoms. The number of carbonyl (C=O) groups is 2. The Morgan fingerprint density at radius 1 is 1.00 bits per heavy atom. The number of carboxylic acid groups (broad SMARTS) is 1. The third-order valence-electron chi connectivity index (χ3n) is 6.66. The number of nitrogens with one attached hydrogen (secondary N) is 1. The number of pyridine rings is 1. The van der Waals surface area contributed by atoms with Crippen LogP contribution in [0.25, 0.3) is 11.1 Å². The number of carboxylic acids is 1. The van der Waals surface area contributed by atoms with E-state index >= 15 is 8.78 Å². The van der Waals surface area contributed by atoms with E-state index in [1.807, 2.05) is 30.3 Å². The molecule has 1 heterocycles. The summed E-state index contributed by atoms with van der Waals surface area (Å²) in [6.07, 6.45) is -0.198. The second-order valence-electron chi connectivity index (χ2n) is 10.1. The van der Waals surface area contributed by atoms with Gasteiger partial charge >= 0.3 is 5.97 Å². The van der Waals surface area contributed by atoms with Crippen molar-refractivity contribution < 1.29 is 33.0 Å². The van der Waals surface area contributed by atoms with Gasteiger partial charge in [-0.15, -0.1) is 0 Å². The van der Waals surface area contributed by atoms with Crippen molar-refractivity contribution in [3.05, 3.63) is 95.1 Å². The molecule has 0 saturated heterocycles. The van der Waals surface area contributed by atoms with E-state index in [0.717, 1.165) is 21.6 Å². The van der Waals surface area contributed by atoms with Crippen LogP contribution in [0, 0.1) is 18.6 Å². The van der Waals surface area contributed by atoms with Crippen LogP contribution >= 0.6 is 0 Å².